The first-order chi connectivity index (χ1) is 15.8. The molecule has 0 bridgehead atoms. The van der Waals surface area contributed by atoms with Gasteiger partial charge in [0, 0.05) is 13.1 Å². The predicted octanol–water partition coefficient (Wildman–Crippen LogP) is 3.92. The van der Waals surface area contributed by atoms with Crippen LogP contribution in [-0.4, -0.2) is 38.6 Å². The first-order valence-corrected chi connectivity index (χ1v) is 12.7. The van der Waals surface area contributed by atoms with E-state index in [4.69, 9.17) is 4.74 Å². The molecule has 6 nitrogen and oxygen atoms in total. The lowest BCUT2D eigenvalue weighted by atomic mass is 10.00. The Bertz CT molecular complexity index is 1220. The molecule has 1 amide bonds. The summed E-state index contributed by atoms with van der Waals surface area (Å²) in [6.45, 7) is 3.46. The van der Waals surface area contributed by atoms with Crippen molar-refractivity contribution >= 4 is 21.6 Å². The van der Waals surface area contributed by atoms with Gasteiger partial charge in [0.1, 0.15) is 5.75 Å². The van der Waals surface area contributed by atoms with Crippen LogP contribution in [0.1, 0.15) is 22.3 Å². The molecule has 0 saturated carbocycles. The largest absolute Gasteiger partial charge is 0.484 e. The van der Waals surface area contributed by atoms with Crippen molar-refractivity contribution in [1.29, 1.82) is 0 Å². The van der Waals surface area contributed by atoms with Crippen LogP contribution in [0.5, 0.6) is 5.75 Å². The number of benzene rings is 3. The van der Waals surface area contributed by atoms with Gasteiger partial charge in [-0.2, -0.15) is 0 Å². The van der Waals surface area contributed by atoms with E-state index in [0.29, 0.717) is 24.5 Å². The number of ether oxygens (including phenoxy) is 1. The number of rotatable bonds is 7. The Kier molecular flexibility index (Phi) is 6.70. The Morgan fingerprint density at radius 2 is 1.64 bits per heavy atom. The number of carbonyl (C=O) groups is 1. The van der Waals surface area contributed by atoms with Crippen molar-refractivity contribution in [2.24, 2.45) is 0 Å². The van der Waals surface area contributed by atoms with Crippen LogP contribution in [0.25, 0.3) is 0 Å². The smallest absolute Gasteiger partial charge is 0.260 e. The van der Waals surface area contributed by atoms with Crippen LogP contribution in [0, 0.1) is 6.92 Å². The minimum atomic E-state index is -3.47. The van der Waals surface area contributed by atoms with Gasteiger partial charge in [0.2, 0.25) is 10.0 Å². The van der Waals surface area contributed by atoms with Crippen molar-refractivity contribution in [3.05, 3.63) is 95.1 Å². The van der Waals surface area contributed by atoms with Crippen LogP contribution in [0.15, 0.2) is 72.8 Å². The Morgan fingerprint density at radius 3 is 2.30 bits per heavy atom. The fourth-order valence-corrected chi connectivity index (χ4v) is 4.80. The fourth-order valence-electron chi connectivity index (χ4n) is 3.91. The average Bonchev–Trinajstić information content (AvgIpc) is 2.81. The number of amides is 1. The topological polar surface area (TPSA) is 66.9 Å². The van der Waals surface area contributed by atoms with E-state index in [1.165, 1.54) is 21.7 Å². The molecular weight excluding hydrogens is 436 g/mol. The molecule has 0 atom stereocenters. The molecule has 3 aromatic rings. The summed E-state index contributed by atoms with van der Waals surface area (Å²) < 4.78 is 31.9. The lowest BCUT2D eigenvalue weighted by Gasteiger charge is -2.28. The summed E-state index contributed by atoms with van der Waals surface area (Å²) in [6, 6.07) is 22.7. The third kappa shape index (κ3) is 5.73. The van der Waals surface area contributed by atoms with Crippen LogP contribution in [0.3, 0.4) is 0 Å². The third-order valence-corrected chi connectivity index (χ3v) is 6.96. The maximum absolute atomic E-state index is 12.6. The SMILES string of the molecule is Cc1ccc(CN(c2ccc(OCC(=O)N3CCc4ccccc4C3)cc2)S(C)(=O)=O)cc1. The van der Waals surface area contributed by atoms with Crippen LogP contribution in [0.2, 0.25) is 0 Å². The van der Waals surface area contributed by atoms with Gasteiger partial charge in [-0.15, -0.1) is 0 Å². The molecule has 0 aromatic heterocycles. The monoisotopic (exact) mass is 464 g/mol. The summed E-state index contributed by atoms with van der Waals surface area (Å²) in [5, 5.41) is 0. The van der Waals surface area contributed by atoms with E-state index in [-0.39, 0.29) is 19.1 Å². The van der Waals surface area contributed by atoms with E-state index in [9.17, 15) is 13.2 Å². The molecule has 0 unspecified atom stereocenters. The van der Waals surface area contributed by atoms with Gasteiger partial charge in [-0.3, -0.25) is 9.10 Å². The van der Waals surface area contributed by atoms with Crippen LogP contribution >= 0.6 is 0 Å². The average molecular weight is 465 g/mol. The number of sulfonamides is 1. The second-order valence-corrected chi connectivity index (χ2v) is 10.3. The molecule has 0 saturated heterocycles. The molecule has 33 heavy (non-hydrogen) atoms. The number of fused-ring (bicyclic) bond motifs is 1. The fraction of sp³-hybridized carbons (Fsp3) is 0.269. The van der Waals surface area contributed by atoms with Crippen molar-refractivity contribution < 1.29 is 17.9 Å². The molecule has 7 heteroatoms. The normalized spacial score (nSPS) is 13.3. The van der Waals surface area contributed by atoms with Crippen LogP contribution in [-0.2, 0) is 34.3 Å². The van der Waals surface area contributed by atoms with E-state index >= 15 is 0 Å². The second kappa shape index (κ2) is 9.67. The molecule has 0 aliphatic carbocycles. The second-order valence-electron chi connectivity index (χ2n) is 8.37. The van der Waals surface area contributed by atoms with E-state index in [1.807, 2.05) is 48.2 Å². The third-order valence-electron chi connectivity index (χ3n) is 5.82. The van der Waals surface area contributed by atoms with Gasteiger partial charge in [-0.05, 0) is 54.3 Å². The zero-order chi connectivity index (χ0) is 23.4. The maximum Gasteiger partial charge on any atom is 0.260 e. The van der Waals surface area contributed by atoms with Gasteiger partial charge in [0.05, 0.1) is 18.5 Å². The summed E-state index contributed by atoms with van der Waals surface area (Å²) in [5.41, 5.74) is 5.04. The van der Waals surface area contributed by atoms with Crippen LogP contribution in [0.4, 0.5) is 5.69 Å². The zero-order valence-corrected chi connectivity index (χ0v) is 19.7. The first-order valence-electron chi connectivity index (χ1n) is 10.9. The highest BCUT2D eigenvalue weighted by Gasteiger charge is 2.21. The quantitative estimate of drug-likeness (QED) is 0.532. The summed E-state index contributed by atoms with van der Waals surface area (Å²) in [5.74, 6) is 0.457. The molecule has 0 radical (unpaired) electrons. The summed E-state index contributed by atoms with van der Waals surface area (Å²) >= 11 is 0. The van der Waals surface area contributed by atoms with Crippen molar-refractivity contribution in [1.82, 2.24) is 4.90 Å². The van der Waals surface area contributed by atoms with Crippen molar-refractivity contribution in [3.8, 4) is 5.75 Å². The van der Waals surface area contributed by atoms with Gasteiger partial charge in [0.25, 0.3) is 5.91 Å². The van der Waals surface area contributed by atoms with Crippen molar-refractivity contribution in [2.45, 2.75) is 26.4 Å². The van der Waals surface area contributed by atoms with E-state index in [1.54, 1.807) is 24.3 Å². The summed E-state index contributed by atoms with van der Waals surface area (Å²) in [7, 11) is -3.47. The molecule has 172 valence electrons. The lowest BCUT2D eigenvalue weighted by molar-refractivity contribution is -0.134. The van der Waals surface area contributed by atoms with Gasteiger partial charge < -0.3 is 9.64 Å². The number of hydrogen-bond donors (Lipinski definition) is 0. The summed E-state index contributed by atoms with van der Waals surface area (Å²) in [6.07, 6.45) is 2.04. The number of carbonyl (C=O) groups excluding carboxylic acids is 1. The Morgan fingerprint density at radius 1 is 0.970 bits per heavy atom. The number of anilines is 1. The van der Waals surface area contributed by atoms with Crippen molar-refractivity contribution in [2.75, 3.05) is 23.7 Å². The highest BCUT2D eigenvalue weighted by Crippen LogP contribution is 2.24. The minimum absolute atomic E-state index is 0.0549. The predicted molar refractivity (Wildman–Crippen MR) is 130 cm³/mol. The number of aryl methyl sites for hydroxylation is 1. The molecule has 4 rings (SSSR count). The molecule has 1 aliphatic rings. The first kappa shape index (κ1) is 22.9. The number of hydrogen-bond acceptors (Lipinski definition) is 4. The van der Waals surface area contributed by atoms with Gasteiger partial charge in [0.15, 0.2) is 6.61 Å². The van der Waals surface area contributed by atoms with Crippen molar-refractivity contribution in [3.63, 3.8) is 0 Å². The zero-order valence-electron chi connectivity index (χ0n) is 18.9. The molecular formula is C26H28N2O4S. The molecule has 0 N–H and O–H groups in total. The van der Waals surface area contributed by atoms with Gasteiger partial charge in [-0.25, -0.2) is 8.42 Å². The highest BCUT2D eigenvalue weighted by molar-refractivity contribution is 7.92. The molecule has 0 spiro atoms. The molecule has 3 aromatic carbocycles. The Labute approximate surface area is 195 Å². The minimum Gasteiger partial charge on any atom is -0.484 e. The van der Waals surface area contributed by atoms with Gasteiger partial charge in [-0.1, -0.05) is 54.1 Å². The summed E-state index contributed by atoms with van der Waals surface area (Å²) in [4.78, 5) is 14.4. The van der Waals surface area contributed by atoms with E-state index in [0.717, 1.165) is 17.5 Å². The van der Waals surface area contributed by atoms with Crippen LogP contribution < -0.4 is 9.04 Å². The van der Waals surface area contributed by atoms with Gasteiger partial charge >= 0.3 is 0 Å². The maximum atomic E-state index is 12.6. The standard InChI is InChI=1S/C26H28N2O4S/c1-20-7-9-21(10-8-20)17-28(33(2,30)31)24-11-13-25(14-12-24)32-19-26(29)27-16-15-22-5-3-4-6-23(22)18-27/h3-14H,15-19H2,1-2H3. The van der Waals surface area contributed by atoms with E-state index in [2.05, 4.69) is 12.1 Å². The Balaban J connectivity index is 1.38. The highest BCUT2D eigenvalue weighted by atomic mass is 32.2. The number of nitrogens with zero attached hydrogens (tertiary/aromatic N) is 2. The van der Waals surface area contributed by atoms with E-state index < -0.39 is 10.0 Å². The molecule has 0 fully saturated rings. The molecule has 1 aliphatic heterocycles. The lowest BCUT2D eigenvalue weighted by Crippen LogP contribution is -2.38. The molecule has 1 heterocycles. The Hall–Kier alpha value is -3.32.